The monoisotopic (exact) mass is 465 g/mol. The fourth-order valence-corrected chi connectivity index (χ4v) is 4.40. The minimum atomic E-state index is -0.439. The van der Waals surface area contributed by atoms with E-state index in [9.17, 15) is 9.59 Å². The smallest absolute Gasteiger partial charge is 0.279 e. The number of aromatic nitrogens is 4. The molecule has 0 atom stereocenters. The summed E-state index contributed by atoms with van der Waals surface area (Å²) < 4.78 is 1.60. The molecule has 0 unspecified atom stereocenters. The van der Waals surface area contributed by atoms with Crippen LogP contribution in [0.1, 0.15) is 31.3 Å². The average Bonchev–Trinajstić information content (AvgIpc) is 3.53. The zero-order chi connectivity index (χ0) is 23.3. The molecule has 3 aromatic carbocycles. The summed E-state index contributed by atoms with van der Waals surface area (Å²) in [6.07, 6.45) is 1.59. The number of hydrogen-bond acceptors (Lipinski definition) is 6. The maximum absolute atomic E-state index is 13.2. The van der Waals surface area contributed by atoms with E-state index in [4.69, 9.17) is 0 Å². The Hall–Kier alpha value is -4.43. The van der Waals surface area contributed by atoms with Crippen LogP contribution in [0.2, 0.25) is 0 Å². The van der Waals surface area contributed by atoms with Crippen molar-refractivity contribution < 1.29 is 9.59 Å². The highest BCUT2D eigenvalue weighted by Crippen LogP contribution is 2.33. The molecule has 0 saturated heterocycles. The Balaban J connectivity index is 1.40. The first kappa shape index (κ1) is 21.4. The quantitative estimate of drug-likeness (QED) is 0.344. The van der Waals surface area contributed by atoms with Gasteiger partial charge in [-0.25, -0.2) is 9.67 Å². The normalized spacial score (nSPS) is 10.7. The lowest BCUT2D eigenvalue weighted by atomic mass is 10.1. The third kappa shape index (κ3) is 4.67. The standard InChI is InChI=1S/C26H19N5O2S/c32-23(20-14-8-3-9-15-20)24-22(19-12-6-2-7-13-19)27-26(34-24)28-25(33)21-17-31(30-29-21)16-18-10-4-1-5-11-18/h1-15,17H,16H2,(H,27,28,33). The summed E-state index contributed by atoms with van der Waals surface area (Å²) >= 11 is 1.14. The molecule has 1 amide bonds. The fourth-order valence-electron chi connectivity index (χ4n) is 3.45. The molecule has 1 N–H and O–H groups in total. The van der Waals surface area contributed by atoms with Gasteiger partial charge in [-0.05, 0) is 5.56 Å². The molecule has 0 aliphatic carbocycles. The van der Waals surface area contributed by atoms with E-state index in [0.29, 0.717) is 27.8 Å². The van der Waals surface area contributed by atoms with E-state index in [-0.39, 0.29) is 11.5 Å². The van der Waals surface area contributed by atoms with Gasteiger partial charge in [0.2, 0.25) is 5.78 Å². The molecule has 8 heteroatoms. The molecule has 34 heavy (non-hydrogen) atoms. The van der Waals surface area contributed by atoms with Gasteiger partial charge in [0, 0.05) is 11.1 Å². The molecule has 5 rings (SSSR count). The molecule has 0 saturated carbocycles. The van der Waals surface area contributed by atoms with E-state index in [1.165, 1.54) is 0 Å². The molecule has 2 aromatic heterocycles. The van der Waals surface area contributed by atoms with Gasteiger partial charge in [-0.1, -0.05) is 108 Å². The van der Waals surface area contributed by atoms with Gasteiger partial charge in [0.05, 0.1) is 18.4 Å². The lowest BCUT2D eigenvalue weighted by Crippen LogP contribution is -2.12. The summed E-state index contributed by atoms with van der Waals surface area (Å²) in [5, 5.41) is 11.1. The molecule has 5 aromatic rings. The van der Waals surface area contributed by atoms with Crippen LogP contribution in [-0.2, 0) is 6.54 Å². The lowest BCUT2D eigenvalue weighted by Gasteiger charge is -2.02. The Morgan fingerprint density at radius 1 is 0.853 bits per heavy atom. The number of rotatable bonds is 7. The maximum atomic E-state index is 13.2. The van der Waals surface area contributed by atoms with Gasteiger partial charge >= 0.3 is 0 Å². The fraction of sp³-hybridized carbons (Fsp3) is 0.0385. The highest BCUT2D eigenvalue weighted by molar-refractivity contribution is 7.18. The van der Waals surface area contributed by atoms with Gasteiger partial charge in [0.15, 0.2) is 10.8 Å². The van der Waals surface area contributed by atoms with Crippen LogP contribution in [0.15, 0.2) is 97.2 Å². The SMILES string of the molecule is O=C(Nc1nc(-c2ccccc2)c(C(=O)c2ccccc2)s1)c1cn(Cc2ccccc2)nn1. The highest BCUT2D eigenvalue weighted by atomic mass is 32.1. The van der Waals surface area contributed by atoms with Crippen LogP contribution < -0.4 is 5.32 Å². The second kappa shape index (κ2) is 9.60. The van der Waals surface area contributed by atoms with Crippen LogP contribution in [-0.4, -0.2) is 31.7 Å². The largest absolute Gasteiger partial charge is 0.296 e. The Morgan fingerprint density at radius 2 is 1.50 bits per heavy atom. The zero-order valence-electron chi connectivity index (χ0n) is 18.0. The minimum Gasteiger partial charge on any atom is -0.296 e. The van der Waals surface area contributed by atoms with Gasteiger partial charge in [-0.15, -0.1) is 5.10 Å². The number of ketones is 1. The first-order chi connectivity index (χ1) is 16.7. The molecular weight excluding hydrogens is 446 g/mol. The van der Waals surface area contributed by atoms with E-state index in [1.807, 2.05) is 78.9 Å². The summed E-state index contributed by atoms with van der Waals surface area (Å²) in [6.45, 7) is 0.506. The second-order valence-corrected chi connectivity index (χ2v) is 8.50. The Morgan fingerprint density at radius 3 is 2.21 bits per heavy atom. The number of nitrogens with zero attached hydrogens (tertiary/aromatic N) is 4. The van der Waals surface area contributed by atoms with Crippen LogP contribution in [0, 0.1) is 0 Å². The molecule has 0 fully saturated rings. The Labute approximate surface area is 199 Å². The number of amides is 1. The zero-order valence-corrected chi connectivity index (χ0v) is 18.8. The highest BCUT2D eigenvalue weighted by Gasteiger charge is 2.22. The second-order valence-electron chi connectivity index (χ2n) is 7.50. The summed E-state index contributed by atoms with van der Waals surface area (Å²) in [7, 11) is 0. The molecule has 7 nitrogen and oxygen atoms in total. The average molecular weight is 466 g/mol. The first-order valence-electron chi connectivity index (χ1n) is 10.6. The van der Waals surface area contributed by atoms with E-state index < -0.39 is 5.91 Å². The number of carbonyl (C=O) groups excluding carboxylic acids is 2. The van der Waals surface area contributed by atoms with Crippen LogP contribution in [0.4, 0.5) is 5.13 Å². The third-order valence-electron chi connectivity index (χ3n) is 5.10. The van der Waals surface area contributed by atoms with Crippen molar-refractivity contribution in [1.29, 1.82) is 0 Å². The van der Waals surface area contributed by atoms with Crippen LogP contribution in [0.3, 0.4) is 0 Å². The van der Waals surface area contributed by atoms with Crippen molar-refractivity contribution in [2.75, 3.05) is 5.32 Å². The van der Waals surface area contributed by atoms with Gasteiger partial charge in [-0.3, -0.25) is 14.9 Å². The first-order valence-corrected chi connectivity index (χ1v) is 11.4. The molecule has 166 valence electrons. The predicted octanol–water partition coefficient (Wildman–Crippen LogP) is 4.93. The summed E-state index contributed by atoms with van der Waals surface area (Å²) in [6, 6.07) is 28.3. The molecular formula is C26H19N5O2S. The number of thiazole rings is 1. The van der Waals surface area contributed by atoms with Crippen molar-refractivity contribution in [1.82, 2.24) is 20.0 Å². The topological polar surface area (TPSA) is 89.8 Å². The molecule has 0 spiro atoms. The molecule has 2 heterocycles. The van der Waals surface area contributed by atoms with Crippen molar-refractivity contribution in [3.63, 3.8) is 0 Å². The number of benzene rings is 3. The van der Waals surface area contributed by atoms with Crippen LogP contribution in [0.5, 0.6) is 0 Å². The van der Waals surface area contributed by atoms with Crippen molar-refractivity contribution >= 4 is 28.2 Å². The predicted molar refractivity (Wildman–Crippen MR) is 131 cm³/mol. The van der Waals surface area contributed by atoms with Gasteiger partial charge in [0.1, 0.15) is 4.88 Å². The Kier molecular flexibility index (Phi) is 6.05. The summed E-state index contributed by atoms with van der Waals surface area (Å²) in [5.74, 6) is -0.586. The van der Waals surface area contributed by atoms with Gasteiger partial charge in [0.25, 0.3) is 5.91 Å². The molecule has 0 bridgehead atoms. The van der Waals surface area contributed by atoms with Crippen LogP contribution >= 0.6 is 11.3 Å². The van der Waals surface area contributed by atoms with Crippen molar-refractivity contribution in [3.8, 4) is 11.3 Å². The minimum absolute atomic E-state index is 0.147. The Bertz CT molecular complexity index is 1430. The van der Waals surface area contributed by atoms with Crippen molar-refractivity contribution in [2.24, 2.45) is 0 Å². The molecule has 0 aliphatic heterocycles. The van der Waals surface area contributed by atoms with Crippen molar-refractivity contribution in [3.05, 3.63) is 119 Å². The third-order valence-corrected chi connectivity index (χ3v) is 6.07. The van der Waals surface area contributed by atoms with E-state index in [2.05, 4.69) is 20.6 Å². The number of hydrogen-bond donors (Lipinski definition) is 1. The number of anilines is 1. The van der Waals surface area contributed by atoms with E-state index in [0.717, 1.165) is 22.5 Å². The van der Waals surface area contributed by atoms with Gasteiger partial charge in [-0.2, -0.15) is 0 Å². The number of nitrogens with one attached hydrogen (secondary N) is 1. The van der Waals surface area contributed by atoms with Crippen molar-refractivity contribution in [2.45, 2.75) is 6.54 Å². The maximum Gasteiger partial charge on any atom is 0.279 e. The number of carbonyl (C=O) groups is 2. The van der Waals surface area contributed by atoms with E-state index in [1.54, 1.807) is 23.0 Å². The molecule has 0 radical (unpaired) electrons. The van der Waals surface area contributed by atoms with Crippen LogP contribution in [0.25, 0.3) is 11.3 Å². The lowest BCUT2D eigenvalue weighted by molar-refractivity contribution is 0.101. The molecule has 0 aliphatic rings. The van der Waals surface area contributed by atoms with Gasteiger partial charge < -0.3 is 0 Å². The summed E-state index contributed by atoms with van der Waals surface area (Å²) in [5.41, 5.74) is 3.11. The summed E-state index contributed by atoms with van der Waals surface area (Å²) in [4.78, 5) is 31.1. The van der Waals surface area contributed by atoms with E-state index >= 15 is 0 Å².